The van der Waals surface area contributed by atoms with Crippen LogP contribution in [0, 0.1) is 13.8 Å². The zero-order valence-electron chi connectivity index (χ0n) is 12.3. The summed E-state index contributed by atoms with van der Waals surface area (Å²) in [5.74, 6) is 0.385. The van der Waals surface area contributed by atoms with Crippen LogP contribution in [0.15, 0.2) is 21.5 Å². The summed E-state index contributed by atoms with van der Waals surface area (Å²) >= 11 is 0. The molecule has 8 heteroatoms. The molecule has 0 saturated carbocycles. The highest BCUT2D eigenvalue weighted by Gasteiger charge is 2.32. The van der Waals surface area contributed by atoms with Crippen molar-refractivity contribution in [1.29, 1.82) is 0 Å². The van der Waals surface area contributed by atoms with Crippen LogP contribution >= 0.6 is 0 Å². The first kappa shape index (κ1) is 14.5. The highest BCUT2D eigenvalue weighted by atomic mass is 16.5. The molecule has 22 heavy (non-hydrogen) atoms. The summed E-state index contributed by atoms with van der Waals surface area (Å²) < 4.78 is 10.5. The molecule has 1 N–H and O–H groups in total. The summed E-state index contributed by atoms with van der Waals surface area (Å²) in [6.07, 6.45) is 0. The highest BCUT2D eigenvalue weighted by Crippen LogP contribution is 2.24. The Balaban J connectivity index is 1.94. The molecule has 1 amide bonds. The van der Waals surface area contributed by atoms with Crippen LogP contribution < -0.4 is 5.56 Å². The number of morpholine rings is 1. The molecule has 2 aromatic rings. The number of aromatic nitrogens is 3. The molecule has 0 radical (unpaired) electrons. The van der Waals surface area contributed by atoms with E-state index in [1.54, 1.807) is 24.8 Å². The van der Waals surface area contributed by atoms with Gasteiger partial charge in [-0.25, -0.2) is 4.98 Å². The Morgan fingerprint density at radius 2 is 2.23 bits per heavy atom. The number of carbonyl (C=O) groups is 1. The number of nitrogens with zero attached hydrogens (tertiary/aromatic N) is 3. The number of amides is 1. The van der Waals surface area contributed by atoms with Gasteiger partial charge in [0.1, 0.15) is 5.82 Å². The van der Waals surface area contributed by atoms with E-state index >= 15 is 0 Å². The third kappa shape index (κ3) is 2.77. The normalized spacial score (nSPS) is 18.5. The standard InChI is InChI=1S/C14H16N4O4/c1-8-5-12(22-17-8)14(20)18-3-4-21-7-11(18)10-6-13(19)16-9(2)15-10/h5-6,11H,3-4,7H2,1-2H3,(H,15,16,19). The fourth-order valence-electron chi connectivity index (χ4n) is 2.47. The molecule has 1 aliphatic rings. The monoisotopic (exact) mass is 304 g/mol. The first-order valence-corrected chi connectivity index (χ1v) is 6.94. The van der Waals surface area contributed by atoms with Gasteiger partial charge in [0.15, 0.2) is 0 Å². The summed E-state index contributed by atoms with van der Waals surface area (Å²) in [5, 5.41) is 3.73. The lowest BCUT2D eigenvalue weighted by molar-refractivity contribution is -0.00594. The molecule has 8 nitrogen and oxygen atoms in total. The van der Waals surface area contributed by atoms with Crippen molar-refractivity contribution in [3.8, 4) is 0 Å². The quantitative estimate of drug-likeness (QED) is 0.871. The Hall–Kier alpha value is -2.48. The second-order valence-corrected chi connectivity index (χ2v) is 5.18. The third-order valence-electron chi connectivity index (χ3n) is 3.45. The number of rotatable bonds is 2. The Morgan fingerprint density at radius 1 is 1.41 bits per heavy atom. The molecule has 3 heterocycles. The molecule has 0 aromatic carbocycles. The SMILES string of the molecule is Cc1cc(C(=O)N2CCOCC2c2cc(=O)[nH]c(C)n2)on1. The van der Waals surface area contributed by atoms with Crippen molar-refractivity contribution in [1.82, 2.24) is 20.0 Å². The average molecular weight is 304 g/mol. The molecule has 0 bridgehead atoms. The van der Waals surface area contributed by atoms with E-state index in [2.05, 4.69) is 15.1 Å². The van der Waals surface area contributed by atoms with Crippen LogP contribution in [-0.2, 0) is 4.74 Å². The lowest BCUT2D eigenvalue weighted by Gasteiger charge is -2.34. The molecule has 1 fully saturated rings. The summed E-state index contributed by atoms with van der Waals surface area (Å²) in [6, 6.07) is 2.55. The van der Waals surface area contributed by atoms with Crippen LogP contribution in [-0.4, -0.2) is 45.7 Å². The number of hydrogen-bond acceptors (Lipinski definition) is 6. The lowest BCUT2D eigenvalue weighted by Crippen LogP contribution is -2.44. The number of carbonyl (C=O) groups excluding carboxylic acids is 1. The molecule has 1 unspecified atom stereocenters. The van der Waals surface area contributed by atoms with Crippen molar-refractivity contribution < 1.29 is 14.1 Å². The number of ether oxygens (including phenoxy) is 1. The Labute approximate surface area is 126 Å². The van der Waals surface area contributed by atoms with Crippen molar-refractivity contribution in [3.05, 3.63) is 45.5 Å². The molecule has 1 saturated heterocycles. The van der Waals surface area contributed by atoms with Crippen molar-refractivity contribution in [2.24, 2.45) is 0 Å². The van der Waals surface area contributed by atoms with E-state index in [9.17, 15) is 9.59 Å². The van der Waals surface area contributed by atoms with Crippen LogP contribution in [0.4, 0.5) is 0 Å². The minimum absolute atomic E-state index is 0.172. The van der Waals surface area contributed by atoms with Gasteiger partial charge in [0, 0.05) is 18.7 Å². The Bertz CT molecular complexity index is 751. The van der Waals surface area contributed by atoms with Gasteiger partial charge in [0.25, 0.3) is 11.5 Å². The molecule has 1 atom stereocenters. The first-order valence-electron chi connectivity index (χ1n) is 6.94. The smallest absolute Gasteiger partial charge is 0.293 e. The van der Waals surface area contributed by atoms with E-state index in [0.717, 1.165) is 0 Å². The van der Waals surface area contributed by atoms with Crippen LogP contribution in [0.2, 0.25) is 0 Å². The Morgan fingerprint density at radius 3 is 2.91 bits per heavy atom. The van der Waals surface area contributed by atoms with Gasteiger partial charge in [-0.1, -0.05) is 5.16 Å². The zero-order valence-corrected chi connectivity index (χ0v) is 12.3. The predicted octanol–water partition coefficient (Wildman–Crippen LogP) is 0.588. The molecule has 116 valence electrons. The molecule has 2 aromatic heterocycles. The molecule has 1 aliphatic heterocycles. The van der Waals surface area contributed by atoms with Crippen LogP contribution in [0.3, 0.4) is 0 Å². The highest BCUT2D eigenvalue weighted by molar-refractivity contribution is 5.91. The van der Waals surface area contributed by atoms with E-state index in [1.807, 2.05) is 0 Å². The lowest BCUT2D eigenvalue weighted by atomic mass is 10.1. The number of H-pyrrole nitrogens is 1. The molecule has 0 spiro atoms. The number of hydrogen-bond donors (Lipinski definition) is 1. The van der Waals surface area contributed by atoms with Crippen molar-refractivity contribution in [2.75, 3.05) is 19.8 Å². The fourth-order valence-corrected chi connectivity index (χ4v) is 2.47. The summed E-state index contributed by atoms with van der Waals surface area (Å²) in [4.78, 5) is 32.7. The van der Waals surface area contributed by atoms with Crippen molar-refractivity contribution >= 4 is 5.91 Å². The second kappa shape index (κ2) is 5.72. The van der Waals surface area contributed by atoms with E-state index in [0.29, 0.717) is 30.4 Å². The van der Waals surface area contributed by atoms with Crippen molar-refractivity contribution in [2.45, 2.75) is 19.9 Å². The summed E-state index contributed by atoms with van der Waals surface area (Å²) in [6.45, 7) is 4.56. The fraction of sp³-hybridized carbons (Fsp3) is 0.429. The average Bonchev–Trinajstić information content (AvgIpc) is 2.92. The molecule has 0 aliphatic carbocycles. The van der Waals surface area contributed by atoms with Crippen LogP contribution in [0.5, 0.6) is 0 Å². The maximum absolute atomic E-state index is 12.6. The summed E-state index contributed by atoms with van der Waals surface area (Å²) in [7, 11) is 0. The van der Waals surface area contributed by atoms with Gasteiger partial charge in [-0.2, -0.15) is 0 Å². The van der Waals surface area contributed by atoms with E-state index in [-0.39, 0.29) is 23.8 Å². The first-order chi connectivity index (χ1) is 10.5. The third-order valence-corrected chi connectivity index (χ3v) is 3.45. The minimum Gasteiger partial charge on any atom is -0.377 e. The van der Waals surface area contributed by atoms with E-state index in [4.69, 9.17) is 9.26 Å². The molecular weight excluding hydrogens is 288 g/mol. The predicted molar refractivity (Wildman–Crippen MR) is 75.4 cm³/mol. The van der Waals surface area contributed by atoms with Gasteiger partial charge >= 0.3 is 0 Å². The minimum atomic E-state index is -0.423. The molecule has 3 rings (SSSR count). The number of nitrogens with one attached hydrogen (secondary N) is 1. The summed E-state index contributed by atoms with van der Waals surface area (Å²) in [5.41, 5.74) is 0.889. The van der Waals surface area contributed by atoms with Gasteiger partial charge in [-0.05, 0) is 13.8 Å². The number of aromatic amines is 1. The largest absolute Gasteiger partial charge is 0.377 e. The van der Waals surface area contributed by atoms with Gasteiger partial charge in [-0.15, -0.1) is 0 Å². The van der Waals surface area contributed by atoms with Crippen LogP contribution in [0.25, 0.3) is 0 Å². The molecular formula is C14H16N4O4. The topological polar surface area (TPSA) is 101 Å². The van der Waals surface area contributed by atoms with E-state index < -0.39 is 6.04 Å². The maximum atomic E-state index is 12.6. The zero-order chi connectivity index (χ0) is 15.7. The van der Waals surface area contributed by atoms with E-state index in [1.165, 1.54) is 6.07 Å². The second-order valence-electron chi connectivity index (χ2n) is 5.18. The van der Waals surface area contributed by atoms with Gasteiger partial charge in [-0.3, -0.25) is 9.59 Å². The van der Waals surface area contributed by atoms with Crippen LogP contribution in [0.1, 0.15) is 33.8 Å². The Kier molecular flexibility index (Phi) is 3.76. The van der Waals surface area contributed by atoms with Gasteiger partial charge in [0.05, 0.1) is 30.6 Å². The van der Waals surface area contributed by atoms with Gasteiger partial charge in [0.2, 0.25) is 5.76 Å². The van der Waals surface area contributed by atoms with Gasteiger partial charge < -0.3 is 19.1 Å². The van der Waals surface area contributed by atoms with Crippen molar-refractivity contribution in [3.63, 3.8) is 0 Å². The maximum Gasteiger partial charge on any atom is 0.293 e. The number of aryl methyl sites for hydroxylation is 2.